The Labute approximate surface area is 116 Å². The molecule has 1 rings (SSSR count). The third-order valence-electron chi connectivity index (χ3n) is 4.03. The van der Waals surface area contributed by atoms with Crippen molar-refractivity contribution in [3.05, 3.63) is 29.8 Å². The summed E-state index contributed by atoms with van der Waals surface area (Å²) in [7, 11) is 0. The van der Waals surface area contributed by atoms with Crippen LogP contribution in [0.2, 0.25) is 0 Å². The van der Waals surface area contributed by atoms with E-state index in [1.54, 1.807) is 0 Å². The molecule has 0 bridgehead atoms. The van der Waals surface area contributed by atoms with Crippen molar-refractivity contribution in [1.82, 2.24) is 5.32 Å². The number of hydrogen-bond acceptors (Lipinski definition) is 2. The molecule has 0 unspecified atom stereocenters. The number of aryl methyl sites for hydroxylation is 1. The maximum atomic E-state index is 12.1. The highest BCUT2D eigenvalue weighted by Crippen LogP contribution is 2.19. The molecule has 0 atom stereocenters. The number of hydrogen-bond donors (Lipinski definition) is 2. The minimum atomic E-state index is -0.0349. The molecule has 0 spiro atoms. The van der Waals surface area contributed by atoms with E-state index >= 15 is 0 Å². The van der Waals surface area contributed by atoms with Crippen molar-refractivity contribution in [2.24, 2.45) is 0 Å². The fraction of sp³-hybridized carbons (Fsp3) is 0.562. The minimum absolute atomic E-state index is 0.0349. The minimum Gasteiger partial charge on any atom is -0.399 e. The highest BCUT2D eigenvalue weighted by molar-refractivity contribution is 5.77. The van der Waals surface area contributed by atoms with E-state index in [0.717, 1.165) is 36.9 Å². The van der Waals surface area contributed by atoms with Crippen molar-refractivity contribution < 1.29 is 4.79 Å². The topological polar surface area (TPSA) is 55.1 Å². The number of amides is 1. The van der Waals surface area contributed by atoms with Gasteiger partial charge in [-0.15, -0.1) is 0 Å². The highest BCUT2D eigenvalue weighted by Gasteiger charge is 2.25. The number of nitrogens with one attached hydrogen (secondary N) is 1. The van der Waals surface area contributed by atoms with Crippen LogP contribution in [-0.4, -0.2) is 11.4 Å². The van der Waals surface area contributed by atoms with Gasteiger partial charge in [0.15, 0.2) is 0 Å². The van der Waals surface area contributed by atoms with E-state index in [-0.39, 0.29) is 11.4 Å². The van der Waals surface area contributed by atoms with Gasteiger partial charge < -0.3 is 11.1 Å². The van der Waals surface area contributed by atoms with Crippen molar-refractivity contribution >= 4 is 11.6 Å². The Morgan fingerprint density at radius 1 is 1.21 bits per heavy atom. The monoisotopic (exact) mass is 262 g/mol. The van der Waals surface area contributed by atoms with Crippen LogP contribution in [0.1, 0.15) is 52.0 Å². The lowest BCUT2D eigenvalue weighted by Gasteiger charge is -2.31. The highest BCUT2D eigenvalue weighted by atomic mass is 16.1. The molecule has 0 heterocycles. The van der Waals surface area contributed by atoms with Gasteiger partial charge in [0.1, 0.15) is 0 Å². The lowest BCUT2D eigenvalue weighted by molar-refractivity contribution is -0.123. The number of carbonyl (C=O) groups is 1. The molecule has 3 nitrogen and oxygen atoms in total. The number of nitrogens with two attached hydrogens (primary N) is 1. The van der Waals surface area contributed by atoms with Crippen LogP contribution >= 0.6 is 0 Å². The quantitative estimate of drug-likeness (QED) is 0.741. The molecule has 0 aliphatic rings. The summed E-state index contributed by atoms with van der Waals surface area (Å²) in [6.07, 6.45) is 4.19. The zero-order valence-electron chi connectivity index (χ0n) is 12.3. The number of benzene rings is 1. The molecule has 0 fully saturated rings. The molecule has 106 valence electrons. The Kier molecular flexibility index (Phi) is 5.87. The second-order valence-corrected chi connectivity index (χ2v) is 5.13. The van der Waals surface area contributed by atoms with Crippen LogP contribution < -0.4 is 11.1 Å². The third-order valence-corrected chi connectivity index (χ3v) is 4.03. The normalized spacial score (nSPS) is 11.3. The van der Waals surface area contributed by atoms with Crippen molar-refractivity contribution in [3.8, 4) is 0 Å². The zero-order valence-corrected chi connectivity index (χ0v) is 12.3. The van der Waals surface area contributed by atoms with Crippen LogP contribution in [0, 0.1) is 0 Å². The number of rotatable bonds is 7. The Morgan fingerprint density at radius 2 is 1.84 bits per heavy atom. The van der Waals surface area contributed by atoms with Gasteiger partial charge >= 0.3 is 0 Å². The predicted molar refractivity (Wildman–Crippen MR) is 80.9 cm³/mol. The molecule has 0 aliphatic heterocycles. The first-order valence-electron chi connectivity index (χ1n) is 7.20. The fourth-order valence-electron chi connectivity index (χ4n) is 2.38. The summed E-state index contributed by atoms with van der Waals surface area (Å²) in [5, 5.41) is 3.19. The Morgan fingerprint density at radius 3 is 2.37 bits per heavy atom. The lowest BCUT2D eigenvalue weighted by atomic mass is 9.89. The molecule has 1 aromatic carbocycles. The molecule has 1 aromatic rings. The summed E-state index contributed by atoms with van der Waals surface area (Å²) in [6.45, 7) is 6.39. The first-order chi connectivity index (χ1) is 9.05. The van der Waals surface area contributed by atoms with Gasteiger partial charge in [0.05, 0.1) is 0 Å². The van der Waals surface area contributed by atoms with Gasteiger partial charge in [0.2, 0.25) is 5.91 Å². The lowest BCUT2D eigenvalue weighted by Crippen LogP contribution is -2.47. The van der Waals surface area contributed by atoms with E-state index < -0.39 is 0 Å². The van der Waals surface area contributed by atoms with Crippen LogP contribution in [0.3, 0.4) is 0 Å². The summed E-state index contributed by atoms with van der Waals surface area (Å²) >= 11 is 0. The van der Waals surface area contributed by atoms with Gasteiger partial charge in [-0.2, -0.15) is 0 Å². The van der Waals surface area contributed by atoms with Crippen molar-refractivity contribution in [2.45, 2.75) is 58.4 Å². The van der Waals surface area contributed by atoms with Crippen molar-refractivity contribution in [1.29, 1.82) is 0 Å². The zero-order chi connectivity index (χ0) is 14.3. The average Bonchev–Trinajstić information content (AvgIpc) is 2.43. The molecule has 0 radical (unpaired) electrons. The molecular weight excluding hydrogens is 236 g/mol. The first kappa shape index (κ1) is 15.5. The van der Waals surface area contributed by atoms with Crippen LogP contribution in [0.4, 0.5) is 5.69 Å². The van der Waals surface area contributed by atoms with Crippen LogP contribution in [0.15, 0.2) is 24.3 Å². The third kappa shape index (κ3) is 4.58. The first-order valence-corrected chi connectivity index (χ1v) is 7.20. The Balaban J connectivity index is 2.52. The van der Waals surface area contributed by atoms with E-state index in [9.17, 15) is 4.79 Å². The molecule has 1 amide bonds. The summed E-state index contributed by atoms with van der Waals surface area (Å²) in [4.78, 5) is 12.1. The van der Waals surface area contributed by atoms with Crippen molar-refractivity contribution in [2.75, 3.05) is 5.73 Å². The van der Waals surface area contributed by atoms with Crippen LogP contribution in [0.5, 0.6) is 0 Å². The predicted octanol–water partition coefficient (Wildman–Crippen LogP) is 3.29. The van der Waals surface area contributed by atoms with Crippen molar-refractivity contribution in [3.63, 3.8) is 0 Å². The van der Waals surface area contributed by atoms with E-state index in [2.05, 4.69) is 26.1 Å². The smallest absolute Gasteiger partial charge is 0.220 e. The number of nitrogen functional groups attached to an aromatic ring is 1. The summed E-state index contributed by atoms with van der Waals surface area (Å²) < 4.78 is 0. The average molecular weight is 262 g/mol. The summed E-state index contributed by atoms with van der Waals surface area (Å²) in [5.74, 6) is 0.132. The SMILES string of the molecule is CCC(CC)(CC)NC(=O)CCc1cccc(N)c1. The van der Waals surface area contributed by atoms with Gasteiger partial charge in [-0.05, 0) is 43.4 Å². The van der Waals surface area contributed by atoms with E-state index in [4.69, 9.17) is 5.73 Å². The molecule has 0 aliphatic carbocycles. The standard InChI is InChI=1S/C16H26N2O/c1-4-16(5-2,6-3)18-15(19)11-10-13-8-7-9-14(17)12-13/h7-9,12H,4-6,10-11,17H2,1-3H3,(H,18,19). The largest absolute Gasteiger partial charge is 0.399 e. The molecule has 0 aromatic heterocycles. The fourth-order valence-corrected chi connectivity index (χ4v) is 2.38. The molecule has 0 saturated carbocycles. The van der Waals surface area contributed by atoms with Gasteiger partial charge in [0, 0.05) is 17.6 Å². The second-order valence-electron chi connectivity index (χ2n) is 5.13. The van der Waals surface area contributed by atoms with E-state index in [1.807, 2.05) is 24.3 Å². The van der Waals surface area contributed by atoms with E-state index in [0.29, 0.717) is 6.42 Å². The Bertz CT molecular complexity index is 403. The summed E-state index contributed by atoms with van der Waals surface area (Å²) in [6, 6.07) is 7.73. The second kappa shape index (κ2) is 7.17. The molecule has 3 heteroatoms. The van der Waals surface area contributed by atoms with Gasteiger partial charge in [-0.1, -0.05) is 32.9 Å². The van der Waals surface area contributed by atoms with E-state index in [1.165, 1.54) is 0 Å². The number of carbonyl (C=O) groups excluding carboxylic acids is 1. The number of anilines is 1. The van der Waals surface area contributed by atoms with Crippen LogP contribution in [-0.2, 0) is 11.2 Å². The maximum Gasteiger partial charge on any atom is 0.220 e. The summed E-state index contributed by atoms with van der Waals surface area (Å²) in [5.41, 5.74) is 7.56. The molecule has 0 saturated heterocycles. The van der Waals surface area contributed by atoms with Gasteiger partial charge in [-0.3, -0.25) is 4.79 Å². The maximum absolute atomic E-state index is 12.1. The van der Waals surface area contributed by atoms with Gasteiger partial charge in [-0.25, -0.2) is 0 Å². The van der Waals surface area contributed by atoms with Crippen LogP contribution in [0.25, 0.3) is 0 Å². The van der Waals surface area contributed by atoms with Gasteiger partial charge in [0.25, 0.3) is 0 Å². The molecule has 19 heavy (non-hydrogen) atoms. The molecule has 3 N–H and O–H groups in total. The Hall–Kier alpha value is -1.51. The molecular formula is C16H26N2O.